The highest BCUT2D eigenvalue weighted by Crippen LogP contribution is 2.23. The predicted octanol–water partition coefficient (Wildman–Crippen LogP) is 0.562. The standard InChI is InChI=1S/C12H12BNO4/c1-17-10-3-2-4-11(7-10)18-12-6-5-9(8-14-12)13(15)16/h2-8,15-16H,1H3. The molecule has 0 amide bonds. The molecule has 0 spiro atoms. The summed E-state index contributed by atoms with van der Waals surface area (Å²) in [7, 11) is 0.0535. The van der Waals surface area contributed by atoms with Crippen LogP contribution in [0.5, 0.6) is 17.4 Å². The Morgan fingerprint density at radius 1 is 1.11 bits per heavy atom. The van der Waals surface area contributed by atoms with Crippen molar-refractivity contribution < 1.29 is 19.5 Å². The third-order valence-corrected chi connectivity index (χ3v) is 2.32. The number of ether oxygens (including phenoxy) is 2. The molecule has 0 atom stereocenters. The Morgan fingerprint density at radius 3 is 2.50 bits per heavy atom. The molecular formula is C12H12BNO4. The van der Waals surface area contributed by atoms with Crippen molar-refractivity contribution in [1.29, 1.82) is 0 Å². The lowest BCUT2D eigenvalue weighted by Crippen LogP contribution is -2.29. The second kappa shape index (κ2) is 5.53. The van der Waals surface area contributed by atoms with Crippen molar-refractivity contribution in [2.45, 2.75) is 0 Å². The van der Waals surface area contributed by atoms with E-state index < -0.39 is 7.12 Å². The van der Waals surface area contributed by atoms with Gasteiger partial charge in [0, 0.05) is 23.8 Å². The van der Waals surface area contributed by atoms with Gasteiger partial charge in [0.2, 0.25) is 5.88 Å². The number of rotatable bonds is 4. The largest absolute Gasteiger partial charge is 0.497 e. The molecule has 2 rings (SSSR count). The molecular weight excluding hydrogens is 233 g/mol. The fourth-order valence-corrected chi connectivity index (χ4v) is 1.39. The average Bonchev–Trinajstić information content (AvgIpc) is 2.39. The number of hydrogen-bond donors (Lipinski definition) is 2. The van der Waals surface area contributed by atoms with Gasteiger partial charge in [-0.25, -0.2) is 4.98 Å². The van der Waals surface area contributed by atoms with Crippen molar-refractivity contribution in [2.75, 3.05) is 7.11 Å². The molecule has 6 heteroatoms. The van der Waals surface area contributed by atoms with Crippen LogP contribution in [0.25, 0.3) is 0 Å². The van der Waals surface area contributed by atoms with E-state index in [4.69, 9.17) is 19.5 Å². The van der Waals surface area contributed by atoms with Crippen molar-refractivity contribution in [3.8, 4) is 17.4 Å². The highest BCUT2D eigenvalue weighted by atomic mass is 16.5. The van der Waals surface area contributed by atoms with E-state index in [2.05, 4.69) is 4.98 Å². The Bertz CT molecular complexity index is 516. The summed E-state index contributed by atoms with van der Waals surface area (Å²) in [5, 5.41) is 17.9. The average molecular weight is 245 g/mol. The Morgan fingerprint density at radius 2 is 1.89 bits per heavy atom. The van der Waals surface area contributed by atoms with Crippen molar-refractivity contribution in [1.82, 2.24) is 4.98 Å². The second-order valence-corrected chi connectivity index (χ2v) is 3.58. The summed E-state index contributed by atoms with van der Waals surface area (Å²) in [5.41, 5.74) is 0.313. The van der Waals surface area contributed by atoms with Gasteiger partial charge in [0.15, 0.2) is 0 Å². The maximum absolute atomic E-state index is 8.93. The Balaban J connectivity index is 2.13. The van der Waals surface area contributed by atoms with Crippen LogP contribution in [-0.4, -0.2) is 29.3 Å². The fourth-order valence-electron chi connectivity index (χ4n) is 1.39. The van der Waals surface area contributed by atoms with Crippen molar-refractivity contribution in [3.63, 3.8) is 0 Å². The lowest BCUT2D eigenvalue weighted by molar-refractivity contribution is 0.407. The van der Waals surface area contributed by atoms with Crippen LogP contribution in [0.3, 0.4) is 0 Å². The predicted molar refractivity (Wildman–Crippen MR) is 67.1 cm³/mol. The van der Waals surface area contributed by atoms with Crippen LogP contribution in [0.1, 0.15) is 0 Å². The van der Waals surface area contributed by atoms with Gasteiger partial charge in [-0.2, -0.15) is 0 Å². The molecule has 0 unspecified atom stereocenters. The molecule has 0 radical (unpaired) electrons. The Kier molecular flexibility index (Phi) is 3.81. The lowest BCUT2D eigenvalue weighted by atomic mass is 9.82. The maximum atomic E-state index is 8.93. The Labute approximate surface area is 105 Å². The molecule has 1 heterocycles. The summed E-state index contributed by atoms with van der Waals surface area (Å²) in [6.07, 6.45) is 1.35. The van der Waals surface area contributed by atoms with Gasteiger partial charge in [0.05, 0.1) is 7.11 Å². The first kappa shape index (κ1) is 12.4. The van der Waals surface area contributed by atoms with Gasteiger partial charge in [-0.1, -0.05) is 12.1 Å². The zero-order chi connectivity index (χ0) is 13.0. The summed E-state index contributed by atoms with van der Waals surface area (Å²) in [6.45, 7) is 0. The second-order valence-electron chi connectivity index (χ2n) is 3.58. The van der Waals surface area contributed by atoms with Gasteiger partial charge in [-0.05, 0) is 12.1 Å². The zero-order valence-electron chi connectivity index (χ0n) is 9.78. The molecule has 0 aliphatic rings. The van der Waals surface area contributed by atoms with Gasteiger partial charge < -0.3 is 19.5 Å². The third kappa shape index (κ3) is 3.00. The van der Waals surface area contributed by atoms with Gasteiger partial charge in [0.1, 0.15) is 11.5 Å². The number of nitrogens with zero attached hydrogens (tertiary/aromatic N) is 1. The molecule has 0 fully saturated rings. The zero-order valence-corrected chi connectivity index (χ0v) is 9.78. The minimum atomic E-state index is -1.52. The summed E-state index contributed by atoms with van der Waals surface area (Å²) < 4.78 is 10.6. The van der Waals surface area contributed by atoms with E-state index >= 15 is 0 Å². The molecule has 92 valence electrons. The molecule has 1 aromatic carbocycles. The van der Waals surface area contributed by atoms with E-state index in [1.54, 1.807) is 31.4 Å². The molecule has 0 saturated heterocycles. The minimum Gasteiger partial charge on any atom is -0.497 e. The first-order chi connectivity index (χ1) is 8.69. The quantitative estimate of drug-likeness (QED) is 0.770. The SMILES string of the molecule is COc1cccc(Oc2ccc(B(O)O)cn2)c1. The molecule has 0 aliphatic heterocycles. The molecule has 2 aromatic rings. The van der Waals surface area contributed by atoms with Crippen LogP contribution in [0.4, 0.5) is 0 Å². The van der Waals surface area contributed by atoms with Crippen molar-refractivity contribution >= 4 is 12.6 Å². The van der Waals surface area contributed by atoms with E-state index in [0.717, 1.165) is 0 Å². The third-order valence-electron chi connectivity index (χ3n) is 2.32. The van der Waals surface area contributed by atoms with Gasteiger partial charge in [0.25, 0.3) is 0 Å². The van der Waals surface area contributed by atoms with E-state index in [1.807, 2.05) is 6.07 Å². The minimum absolute atomic E-state index is 0.313. The Hall–Kier alpha value is -2.05. The van der Waals surface area contributed by atoms with E-state index in [1.165, 1.54) is 12.3 Å². The number of hydrogen-bond acceptors (Lipinski definition) is 5. The normalized spacial score (nSPS) is 9.94. The van der Waals surface area contributed by atoms with Gasteiger partial charge in [-0.3, -0.25) is 0 Å². The highest BCUT2D eigenvalue weighted by molar-refractivity contribution is 6.58. The van der Waals surface area contributed by atoms with E-state index in [-0.39, 0.29) is 0 Å². The number of pyridine rings is 1. The van der Waals surface area contributed by atoms with Crippen LogP contribution in [0, 0.1) is 0 Å². The van der Waals surface area contributed by atoms with Crippen LogP contribution in [0.15, 0.2) is 42.6 Å². The van der Waals surface area contributed by atoms with E-state index in [0.29, 0.717) is 22.8 Å². The first-order valence-corrected chi connectivity index (χ1v) is 5.33. The number of methoxy groups -OCH3 is 1. The summed E-state index contributed by atoms with van der Waals surface area (Å²) in [6, 6.07) is 10.2. The molecule has 0 saturated carbocycles. The topological polar surface area (TPSA) is 71.8 Å². The summed E-state index contributed by atoms with van der Waals surface area (Å²) >= 11 is 0. The molecule has 1 aromatic heterocycles. The smallest absolute Gasteiger partial charge is 0.490 e. The molecule has 5 nitrogen and oxygen atoms in total. The number of benzene rings is 1. The fraction of sp³-hybridized carbons (Fsp3) is 0.0833. The summed E-state index contributed by atoms with van der Waals surface area (Å²) in [4.78, 5) is 3.97. The molecule has 2 N–H and O–H groups in total. The lowest BCUT2D eigenvalue weighted by Gasteiger charge is -2.06. The molecule has 18 heavy (non-hydrogen) atoms. The van der Waals surface area contributed by atoms with Crippen LogP contribution in [0.2, 0.25) is 0 Å². The van der Waals surface area contributed by atoms with Crippen LogP contribution >= 0.6 is 0 Å². The van der Waals surface area contributed by atoms with Crippen LogP contribution < -0.4 is 14.9 Å². The monoisotopic (exact) mass is 245 g/mol. The van der Waals surface area contributed by atoms with Crippen molar-refractivity contribution in [3.05, 3.63) is 42.6 Å². The van der Waals surface area contributed by atoms with Gasteiger partial charge in [-0.15, -0.1) is 0 Å². The highest BCUT2D eigenvalue weighted by Gasteiger charge is 2.11. The first-order valence-electron chi connectivity index (χ1n) is 5.33. The van der Waals surface area contributed by atoms with Crippen molar-refractivity contribution in [2.24, 2.45) is 0 Å². The molecule has 0 bridgehead atoms. The van der Waals surface area contributed by atoms with Crippen LogP contribution in [-0.2, 0) is 0 Å². The molecule has 0 aliphatic carbocycles. The van der Waals surface area contributed by atoms with E-state index in [9.17, 15) is 0 Å². The number of aromatic nitrogens is 1. The maximum Gasteiger partial charge on any atom is 0.490 e. The van der Waals surface area contributed by atoms with Gasteiger partial charge >= 0.3 is 7.12 Å². The summed E-state index contributed by atoms with van der Waals surface area (Å²) in [5.74, 6) is 1.65.